The fraction of sp³-hybridized carbons (Fsp3) is 0.571. The van der Waals surface area contributed by atoms with Crippen molar-refractivity contribution in [1.29, 1.82) is 0 Å². The Morgan fingerprint density at radius 1 is 1.29 bits per heavy atom. The van der Waals surface area contributed by atoms with Crippen molar-refractivity contribution in [2.45, 2.75) is 38.6 Å². The molecule has 1 heterocycles. The van der Waals surface area contributed by atoms with Gasteiger partial charge in [0.25, 0.3) is 0 Å². The largest absolute Gasteiger partial charge is 0.368 e. The molecule has 2 rings (SSSR count). The van der Waals surface area contributed by atoms with E-state index in [0.29, 0.717) is 11.9 Å². The second kappa shape index (κ2) is 5.49. The van der Waals surface area contributed by atoms with Crippen molar-refractivity contribution in [3.05, 3.63) is 28.8 Å². The van der Waals surface area contributed by atoms with Crippen LogP contribution in [0.5, 0.6) is 0 Å². The van der Waals surface area contributed by atoms with E-state index in [4.69, 9.17) is 23.2 Å². The molecule has 2 unspecified atom stereocenters. The van der Waals surface area contributed by atoms with Gasteiger partial charge in [0.2, 0.25) is 0 Å². The van der Waals surface area contributed by atoms with E-state index in [9.17, 15) is 0 Å². The summed E-state index contributed by atoms with van der Waals surface area (Å²) in [5, 5.41) is 0.766. The standard InChI is InChI=1S/C14H19Cl2N/c1-10-3-4-11(2)17(9-10)14-6-5-13(16)7-12(14)8-15/h5-7,10-11H,3-4,8-9H2,1-2H3. The number of anilines is 1. The predicted molar refractivity (Wildman–Crippen MR) is 76.2 cm³/mol. The minimum absolute atomic E-state index is 0.521. The van der Waals surface area contributed by atoms with Gasteiger partial charge in [0, 0.05) is 29.2 Å². The van der Waals surface area contributed by atoms with Gasteiger partial charge < -0.3 is 4.90 Å². The molecule has 1 fully saturated rings. The van der Waals surface area contributed by atoms with Gasteiger partial charge in [-0.2, -0.15) is 0 Å². The molecule has 0 aliphatic carbocycles. The van der Waals surface area contributed by atoms with Crippen LogP contribution in [0.4, 0.5) is 5.69 Å². The molecule has 0 aromatic heterocycles. The Morgan fingerprint density at radius 3 is 2.76 bits per heavy atom. The second-order valence-corrected chi connectivity index (χ2v) is 5.79. The maximum absolute atomic E-state index is 6.02. The van der Waals surface area contributed by atoms with Gasteiger partial charge in [-0.1, -0.05) is 18.5 Å². The van der Waals surface area contributed by atoms with Crippen LogP contribution >= 0.6 is 23.2 Å². The van der Waals surface area contributed by atoms with E-state index in [1.54, 1.807) is 0 Å². The van der Waals surface area contributed by atoms with Gasteiger partial charge in [-0.15, -0.1) is 11.6 Å². The van der Waals surface area contributed by atoms with E-state index in [1.807, 2.05) is 12.1 Å². The molecule has 94 valence electrons. The van der Waals surface area contributed by atoms with E-state index < -0.39 is 0 Å². The molecular weight excluding hydrogens is 253 g/mol. The lowest BCUT2D eigenvalue weighted by atomic mass is 9.94. The Kier molecular flexibility index (Phi) is 4.22. The molecule has 0 radical (unpaired) electrons. The first-order valence-electron chi connectivity index (χ1n) is 6.23. The van der Waals surface area contributed by atoms with Crippen molar-refractivity contribution in [2.24, 2.45) is 5.92 Å². The molecular formula is C14H19Cl2N. The third-order valence-corrected chi connectivity index (χ3v) is 4.14. The normalized spacial score (nSPS) is 25.1. The highest BCUT2D eigenvalue weighted by atomic mass is 35.5. The lowest BCUT2D eigenvalue weighted by molar-refractivity contribution is 0.390. The molecule has 1 aliphatic heterocycles. The SMILES string of the molecule is CC1CCC(C)N(c2ccc(Cl)cc2CCl)C1. The molecule has 0 amide bonds. The van der Waals surface area contributed by atoms with Gasteiger partial charge in [0.05, 0.1) is 0 Å². The van der Waals surface area contributed by atoms with Crippen molar-refractivity contribution in [1.82, 2.24) is 0 Å². The first-order valence-corrected chi connectivity index (χ1v) is 7.14. The van der Waals surface area contributed by atoms with E-state index in [0.717, 1.165) is 23.0 Å². The lowest BCUT2D eigenvalue weighted by Crippen LogP contribution is -2.41. The lowest BCUT2D eigenvalue weighted by Gasteiger charge is -2.39. The summed E-state index contributed by atoms with van der Waals surface area (Å²) in [6.45, 7) is 5.72. The van der Waals surface area contributed by atoms with Crippen LogP contribution in [-0.4, -0.2) is 12.6 Å². The van der Waals surface area contributed by atoms with Crippen LogP contribution in [0, 0.1) is 5.92 Å². The van der Waals surface area contributed by atoms with E-state index in [-0.39, 0.29) is 0 Å². The predicted octanol–water partition coefficient (Wildman–Crippen LogP) is 4.70. The van der Waals surface area contributed by atoms with Gasteiger partial charge in [-0.05, 0) is 49.4 Å². The summed E-state index contributed by atoms with van der Waals surface area (Å²) >= 11 is 12.0. The number of benzene rings is 1. The molecule has 1 aromatic rings. The van der Waals surface area contributed by atoms with Crippen LogP contribution in [0.2, 0.25) is 5.02 Å². The molecule has 0 spiro atoms. The Hall–Kier alpha value is -0.400. The van der Waals surface area contributed by atoms with Crippen molar-refractivity contribution in [3.63, 3.8) is 0 Å². The maximum Gasteiger partial charge on any atom is 0.0495 e. The van der Waals surface area contributed by atoms with Crippen LogP contribution in [0.15, 0.2) is 18.2 Å². The molecule has 1 aliphatic rings. The average molecular weight is 272 g/mol. The quantitative estimate of drug-likeness (QED) is 0.705. The van der Waals surface area contributed by atoms with E-state index >= 15 is 0 Å². The number of nitrogens with zero attached hydrogens (tertiary/aromatic N) is 1. The van der Waals surface area contributed by atoms with Crippen molar-refractivity contribution in [3.8, 4) is 0 Å². The first kappa shape index (κ1) is 13.0. The summed E-state index contributed by atoms with van der Waals surface area (Å²) in [4.78, 5) is 2.47. The zero-order valence-corrected chi connectivity index (χ0v) is 11.9. The molecule has 1 aromatic carbocycles. The molecule has 17 heavy (non-hydrogen) atoms. The third-order valence-electron chi connectivity index (χ3n) is 3.61. The molecule has 2 atom stereocenters. The highest BCUT2D eigenvalue weighted by Crippen LogP contribution is 2.32. The number of halogens is 2. The third kappa shape index (κ3) is 2.89. The number of alkyl halides is 1. The first-order chi connectivity index (χ1) is 8.11. The molecule has 1 saturated heterocycles. The minimum atomic E-state index is 0.521. The highest BCUT2D eigenvalue weighted by molar-refractivity contribution is 6.30. The summed E-state index contributed by atoms with van der Waals surface area (Å²) < 4.78 is 0. The Balaban J connectivity index is 2.31. The molecule has 0 bridgehead atoms. The summed E-state index contributed by atoms with van der Waals surface area (Å²) in [5.41, 5.74) is 2.39. The number of hydrogen-bond donors (Lipinski definition) is 0. The Labute approximate surface area is 114 Å². The second-order valence-electron chi connectivity index (χ2n) is 5.09. The maximum atomic E-state index is 6.02. The highest BCUT2D eigenvalue weighted by Gasteiger charge is 2.24. The van der Waals surface area contributed by atoms with E-state index in [1.165, 1.54) is 18.5 Å². The average Bonchev–Trinajstić information content (AvgIpc) is 2.32. The molecule has 0 N–H and O–H groups in total. The Morgan fingerprint density at radius 2 is 2.06 bits per heavy atom. The van der Waals surface area contributed by atoms with Gasteiger partial charge in [-0.25, -0.2) is 0 Å². The topological polar surface area (TPSA) is 3.24 Å². The monoisotopic (exact) mass is 271 g/mol. The van der Waals surface area contributed by atoms with Crippen LogP contribution < -0.4 is 4.90 Å². The van der Waals surface area contributed by atoms with Gasteiger partial charge in [0.15, 0.2) is 0 Å². The van der Waals surface area contributed by atoms with Gasteiger partial charge in [-0.3, -0.25) is 0 Å². The molecule has 3 heteroatoms. The van der Waals surface area contributed by atoms with Crippen molar-refractivity contribution >= 4 is 28.9 Å². The van der Waals surface area contributed by atoms with Crippen LogP contribution in [0.25, 0.3) is 0 Å². The zero-order valence-electron chi connectivity index (χ0n) is 10.4. The van der Waals surface area contributed by atoms with Gasteiger partial charge in [0.1, 0.15) is 0 Å². The fourth-order valence-electron chi connectivity index (χ4n) is 2.57. The molecule has 0 saturated carbocycles. The van der Waals surface area contributed by atoms with Crippen LogP contribution in [0.1, 0.15) is 32.3 Å². The molecule has 1 nitrogen and oxygen atoms in total. The summed E-state index contributed by atoms with van der Waals surface area (Å²) in [6, 6.07) is 6.64. The number of rotatable bonds is 2. The van der Waals surface area contributed by atoms with Crippen LogP contribution in [0.3, 0.4) is 0 Å². The number of piperidine rings is 1. The minimum Gasteiger partial charge on any atom is -0.368 e. The van der Waals surface area contributed by atoms with Crippen LogP contribution in [-0.2, 0) is 5.88 Å². The Bertz CT molecular complexity index is 392. The zero-order chi connectivity index (χ0) is 12.4. The van der Waals surface area contributed by atoms with E-state index in [2.05, 4.69) is 24.8 Å². The van der Waals surface area contributed by atoms with Crippen molar-refractivity contribution < 1.29 is 0 Å². The van der Waals surface area contributed by atoms with Gasteiger partial charge >= 0.3 is 0 Å². The number of hydrogen-bond acceptors (Lipinski definition) is 1. The smallest absolute Gasteiger partial charge is 0.0495 e. The van der Waals surface area contributed by atoms with Crippen molar-refractivity contribution in [2.75, 3.05) is 11.4 Å². The summed E-state index contributed by atoms with van der Waals surface area (Å²) in [7, 11) is 0. The fourth-order valence-corrected chi connectivity index (χ4v) is 2.97. The summed E-state index contributed by atoms with van der Waals surface area (Å²) in [6.07, 6.45) is 2.58. The summed E-state index contributed by atoms with van der Waals surface area (Å²) in [5.74, 6) is 1.28.